The molecular weight excluding hydrogens is 320 g/mol. The Hall–Kier alpha value is 0.210. The Morgan fingerprint density at radius 1 is 1.35 bits per heavy atom. The van der Waals surface area contributed by atoms with Crippen molar-refractivity contribution in [1.29, 1.82) is 0 Å². The molecule has 0 fully saturated rings. The molecule has 17 heavy (non-hydrogen) atoms. The molecule has 104 valence electrons. The van der Waals surface area contributed by atoms with Crippen molar-refractivity contribution in [2.24, 2.45) is 0 Å². The first kappa shape index (κ1) is 17.2. The molecule has 0 atom stereocenters. The average molecular weight is 338 g/mol. The van der Waals surface area contributed by atoms with E-state index in [1.807, 2.05) is 0 Å². The van der Waals surface area contributed by atoms with E-state index in [2.05, 4.69) is 15.9 Å². The van der Waals surface area contributed by atoms with Gasteiger partial charge < -0.3 is 4.74 Å². The molecule has 0 unspecified atom stereocenters. The van der Waals surface area contributed by atoms with Gasteiger partial charge in [0.1, 0.15) is 0 Å². The normalized spacial score (nSPS) is 12.9. The van der Waals surface area contributed by atoms with Crippen LogP contribution in [0.15, 0.2) is 0 Å². The van der Waals surface area contributed by atoms with Gasteiger partial charge in [-0.2, -0.15) is 4.31 Å². The van der Waals surface area contributed by atoms with E-state index in [1.165, 1.54) is 0 Å². The summed E-state index contributed by atoms with van der Waals surface area (Å²) in [7, 11) is -3.68. The molecule has 0 aliphatic carbocycles. The van der Waals surface area contributed by atoms with Crippen molar-refractivity contribution in [3.05, 3.63) is 0 Å². The molecule has 0 radical (unpaired) electrons. The summed E-state index contributed by atoms with van der Waals surface area (Å²) in [6, 6.07) is 0. The third kappa shape index (κ3) is 8.01. The number of sulfonamides is 1. The van der Waals surface area contributed by atoms with Crippen molar-refractivity contribution in [2.75, 3.05) is 30.8 Å². The van der Waals surface area contributed by atoms with Crippen molar-refractivity contribution in [2.45, 2.75) is 26.4 Å². The average Bonchev–Trinajstić information content (AvgIpc) is 2.15. The Morgan fingerprint density at radius 3 is 2.35 bits per heavy atom. The van der Waals surface area contributed by atoms with Gasteiger partial charge in [0, 0.05) is 11.9 Å². The first-order chi connectivity index (χ1) is 7.79. The number of halogens is 3. The molecule has 0 aliphatic heterocycles. The van der Waals surface area contributed by atoms with Crippen LogP contribution < -0.4 is 0 Å². The highest BCUT2D eigenvalue weighted by atomic mass is 79.9. The van der Waals surface area contributed by atoms with Gasteiger partial charge in [-0.1, -0.05) is 15.9 Å². The number of hydrogen-bond acceptors (Lipinski definition) is 3. The predicted octanol–water partition coefficient (Wildman–Crippen LogP) is 1.70. The van der Waals surface area contributed by atoms with Gasteiger partial charge in [0.25, 0.3) is 6.43 Å². The number of alkyl halides is 3. The van der Waals surface area contributed by atoms with E-state index in [0.29, 0.717) is 5.33 Å². The summed E-state index contributed by atoms with van der Waals surface area (Å²) in [5.41, 5.74) is 0. The lowest BCUT2D eigenvalue weighted by Gasteiger charge is -2.21. The van der Waals surface area contributed by atoms with Gasteiger partial charge in [-0.05, 0) is 13.8 Å². The lowest BCUT2D eigenvalue weighted by atomic mass is 10.5. The van der Waals surface area contributed by atoms with E-state index in [-0.39, 0.29) is 25.0 Å². The SMILES string of the molecule is CC(C)OCCS(=O)(=O)N(CCBr)CC(F)F. The second-order valence-electron chi connectivity index (χ2n) is 3.67. The first-order valence-electron chi connectivity index (χ1n) is 5.23. The molecule has 0 aliphatic rings. The monoisotopic (exact) mass is 337 g/mol. The Balaban J connectivity index is 4.38. The van der Waals surface area contributed by atoms with Gasteiger partial charge in [-0.3, -0.25) is 0 Å². The van der Waals surface area contributed by atoms with Gasteiger partial charge in [-0.25, -0.2) is 17.2 Å². The highest BCUT2D eigenvalue weighted by Crippen LogP contribution is 2.07. The van der Waals surface area contributed by atoms with Crippen LogP contribution in [0.25, 0.3) is 0 Å². The molecule has 0 saturated carbocycles. The Kier molecular flexibility index (Phi) is 8.44. The second kappa shape index (κ2) is 8.34. The van der Waals surface area contributed by atoms with E-state index in [4.69, 9.17) is 4.74 Å². The van der Waals surface area contributed by atoms with Crippen LogP contribution in [0.1, 0.15) is 13.8 Å². The Morgan fingerprint density at radius 2 is 1.94 bits per heavy atom. The molecule has 0 bridgehead atoms. The molecule has 0 aromatic rings. The third-order valence-corrected chi connectivity index (χ3v) is 4.02. The number of ether oxygens (including phenoxy) is 1. The van der Waals surface area contributed by atoms with Crippen LogP contribution in [-0.2, 0) is 14.8 Å². The fraction of sp³-hybridized carbons (Fsp3) is 1.00. The minimum atomic E-state index is -3.68. The zero-order valence-electron chi connectivity index (χ0n) is 9.90. The first-order valence-corrected chi connectivity index (χ1v) is 7.96. The molecule has 0 N–H and O–H groups in total. The maximum atomic E-state index is 12.2. The lowest BCUT2D eigenvalue weighted by Crippen LogP contribution is -2.39. The summed E-state index contributed by atoms with van der Waals surface area (Å²) < 4.78 is 53.8. The van der Waals surface area contributed by atoms with Crippen LogP contribution in [0, 0.1) is 0 Å². The molecule has 0 heterocycles. The second-order valence-corrected chi connectivity index (χ2v) is 6.56. The smallest absolute Gasteiger partial charge is 0.252 e. The number of rotatable bonds is 9. The molecule has 0 rings (SSSR count). The van der Waals surface area contributed by atoms with Crippen molar-refractivity contribution >= 4 is 26.0 Å². The molecule has 0 saturated heterocycles. The molecule has 4 nitrogen and oxygen atoms in total. The fourth-order valence-electron chi connectivity index (χ4n) is 1.11. The predicted molar refractivity (Wildman–Crippen MR) is 66.2 cm³/mol. The molecule has 0 spiro atoms. The summed E-state index contributed by atoms with van der Waals surface area (Å²) in [4.78, 5) is 0. The maximum Gasteiger partial charge on any atom is 0.252 e. The molecule has 8 heteroatoms. The minimum Gasteiger partial charge on any atom is -0.378 e. The van der Waals surface area contributed by atoms with Crippen molar-refractivity contribution in [1.82, 2.24) is 4.31 Å². The van der Waals surface area contributed by atoms with Crippen LogP contribution in [0.3, 0.4) is 0 Å². The van der Waals surface area contributed by atoms with Gasteiger partial charge in [0.05, 0.1) is 25.0 Å². The van der Waals surface area contributed by atoms with Gasteiger partial charge in [0.15, 0.2) is 0 Å². The third-order valence-electron chi connectivity index (χ3n) is 1.86. The van der Waals surface area contributed by atoms with E-state index in [0.717, 1.165) is 4.31 Å². The number of nitrogens with zero attached hydrogens (tertiary/aromatic N) is 1. The number of hydrogen-bond donors (Lipinski definition) is 0. The summed E-state index contributed by atoms with van der Waals surface area (Å²) in [6.07, 6.45) is -2.75. The molecular formula is C9H18BrF2NO3S. The topological polar surface area (TPSA) is 46.6 Å². The van der Waals surface area contributed by atoms with Gasteiger partial charge in [-0.15, -0.1) is 0 Å². The highest BCUT2D eigenvalue weighted by Gasteiger charge is 2.24. The van der Waals surface area contributed by atoms with Crippen molar-refractivity contribution < 1.29 is 21.9 Å². The van der Waals surface area contributed by atoms with Crippen LogP contribution >= 0.6 is 15.9 Å². The van der Waals surface area contributed by atoms with Crippen LogP contribution in [0.4, 0.5) is 8.78 Å². The van der Waals surface area contributed by atoms with Crippen LogP contribution in [0.5, 0.6) is 0 Å². The summed E-state index contributed by atoms with van der Waals surface area (Å²) in [6.45, 7) is 2.84. The maximum absolute atomic E-state index is 12.2. The fourth-order valence-corrected chi connectivity index (χ4v) is 3.05. The van der Waals surface area contributed by atoms with E-state index >= 15 is 0 Å². The van der Waals surface area contributed by atoms with Crippen molar-refractivity contribution in [3.8, 4) is 0 Å². The zero-order valence-corrected chi connectivity index (χ0v) is 12.3. The largest absolute Gasteiger partial charge is 0.378 e. The summed E-state index contributed by atoms with van der Waals surface area (Å²) >= 11 is 3.04. The van der Waals surface area contributed by atoms with E-state index in [9.17, 15) is 17.2 Å². The molecule has 0 aromatic carbocycles. The summed E-state index contributed by atoms with van der Waals surface area (Å²) in [5.74, 6) is -0.273. The van der Waals surface area contributed by atoms with Crippen LogP contribution in [-0.4, -0.2) is 56.0 Å². The van der Waals surface area contributed by atoms with Gasteiger partial charge in [0.2, 0.25) is 10.0 Å². The Labute approximate surface area is 109 Å². The Bertz CT molecular complexity index is 299. The molecule has 0 aromatic heterocycles. The van der Waals surface area contributed by atoms with E-state index in [1.54, 1.807) is 13.8 Å². The quantitative estimate of drug-likeness (QED) is 0.601. The standard InChI is InChI=1S/C9H18BrF2NO3S/c1-8(2)16-5-6-17(14,15)13(4-3-10)7-9(11)12/h8-9H,3-7H2,1-2H3. The minimum absolute atomic E-state index is 0.0159. The van der Waals surface area contributed by atoms with Gasteiger partial charge >= 0.3 is 0 Å². The lowest BCUT2D eigenvalue weighted by molar-refractivity contribution is 0.0895. The molecule has 0 amide bonds. The van der Waals surface area contributed by atoms with Crippen LogP contribution in [0.2, 0.25) is 0 Å². The van der Waals surface area contributed by atoms with Crippen molar-refractivity contribution in [3.63, 3.8) is 0 Å². The highest BCUT2D eigenvalue weighted by molar-refractivity contribution is 9.09. The van der Waals surface area contributed by atoms with E-state index < -0.39 is 23.0 Å². The summed E-state index contributed by atoms with van der Waals surface area (Å²) in [5, 5.41) is 0.323. The zero-order chi connectivity index (χ0) is 13.5.